The summed E-state index contributed by atoms with van der Waals surface area (Å²) in [4.78, 5) is 11.0. The molecule has 1 aromatic rings. The third kappa shape index (κ3) is 2.02. The van der Waals surface area contributed by atoms with E-state index in [4.69, 9.17) is 5.11 Å². The van der Waals surface area contributed by atoms with Crippen molar-refractivity contribution in [1.29, 1.82) is 0 Å². The molecule has 0 amide bonds. The summed E-state index contributed by atoms with van der Waals surface area (Å²) in [6.07, 6.45) is 2.29. The van der Waals surface area contributed by atoms with Gasteiger partial charge in [-0.2, -0.15) is 0 Å². The standard InChI is InChI=1S/C12H14O2/c1-3-9-7-5-6-8-11(9)10(4-2)12(13)14/h3,5-8,10H,1,4H2,2H3,(H,13,14). The Labute approximate surface area is 83.9 Å². The zero-order chi connectivity index (χ0) is 10.6. The molecule has 1 unspecified atom stereocenters. The highest BCUT2D eigenvalue weighted by molar-refractivity contribution is 5.78. The molecule has 0 saturated heterocycles. The van der Waals surface area contributed by atoms with Gasteiger partial charge in [0.15, 0.2) is 0 Å². The molecule has 74 valence electrons. The van der Waals surface area contributed by atoms with Crippen LogP contribution < -0.4 is 0 Å². The molecule has 14 heavy (non-hydrogen) atoms. The lowest BCUT2D eigenvalue weighted by atomic mass is 9.92. The molecule has 1 N–H and O–H groups in total. The first-order valence-corrected chi connectivity index (χ1v) is 4.64. The van der Waals surface area contributed by atoms with Gasteiger partial charge in [0.1, 0.15) is 0 Å². The van der Waals surface area contributed by atoms with Gasteiger partial charge in [0.2, 0.25) is 0 Å². The van der Waals surface area contributed by atoms with Crippen LogP contribution in [0.25, 0.3) is 6.08 Å². The second kappa shape index (κ2) is 4.61. The first kappa shape index (κ1) is 10.5. The molecule has 1 rings (SSSR count). The van der Waals surface area contributed by atoms with E-state index in [2.05, 4.69) is 6.58 Å². The molecule has 0 aliphatic rings. The van der Waals surface area contributed by atoms with E-state index in [1.54, 1.807) is 6.08 Å². The van der Waals surface area contributed by atoms with E-state index in [0.29, 0.717) is 6.42 Å². The first-order chi connectivity index (χ1) is 6.70. The smallest absolute Gasteiger partial charge is 0.310 e. The van der Waals surface area contributed by atoms with Crippen LogP contribution in [0.4, 0.5) is 0 Å². The van der Waals surface area contributed by atoms with E-state index in [1.807, 2.05) is 31.2 Å². The van der Waals surface area contributed by atoms with E-state index in [0.717, 1.165) is 11.1 Å². The molecule has 0 radical (unpaired) electrons. The molecular weight excluding hydrogens is 176 g/mol. The van der Waals surface area contributed by atoms with Crippen molar-refractivity contribution in [2.75, 3.05) is 0 Å². The quantitative estimate of drug-likeness (QED) is 0.792. The maximum absolute atomic E-state index is 11.0. The van der Waals surface area contributed by atoms with Crippen LogP contribution in [-0.4, -0.2) is 11.1 Å². The van der Waals surface area contributed by atoms with Crippen molar-refractivity contribution in [2.24, 2.45) is 0 Å². The number of carbonyl (C=O) groups is 1. The maximum Gasteiger partial charge on any atom is 0.310 e. The Hall–Kier alpha value is -1.57. The van der Waals surface area contributed by atoms with E-state index in [-0.39, 0.29) is 0 Å². The maximum atomic E-state index is 11.0. The molecule has 0 fully saturated rings. The highest BCUT2D eigenvalue weighted by atomic mass is 16.4. The van der Waals surface area contributed by atoms with Crippen molar-refractivity contribution in [3.05, 3.63) is 42.0 Å². The summed E-state index contributed by atoms with van der Waals surface area (Å²) in [5.74, 6) is -1.20. The van der Waals surface area contributed by atoms with Gasteiger partial charge in [-0.1, -0.05) is 43.8 Å². The molecule has 0 heterocycles. The average Bonchev–Trinajstić information content (AvgIpc) is 2.19. The van der Waals surface area contributed by atoms with Crippen LogP contribution in [0.1, 0.15) is 30.4 Å². The van der Waals surface area contributed by atoms with Crippen molar-refractivity contribution in [2.45, 2.75) is 19.3 Å². The van der Waals surface area contributed by atoms with Gasteiger partial charge in [-0.3, -0.25) is 4.79 Å². The Morgan fingerprint density at radius 2 is 2.21 bits per heavy atom. The number of carboxylic acid groups (broad SMARTS) is 1. The van der Waals surface area contributed by atoms with Crippen LogP contribution in [0, 0.1) is 0 Å². The number of benzene rings is 1. The fourth-order valence-electron chi connectivity index (χ4n) is 1.54. The SMILES string of the molecule is C=Cc1ccccc1C(CC)C(=O)O. The zero-order valence-corrected chi connectivity index (χ0v) is 8.23. The number of rotatable bonds is 4. The molecule has 0 aliphatic carbocycles. The third-order valence-corrected chi connectivity index (χ3v) is 2.30. The fourth-order valence-corrected chi connectivity index (χ4v) is 1.54. The monoisotopic (exact) mass is 190 g/mol. The van der Waals surface area contributed by atoms with Crippen molar-refractivity contribution in [1.82, 2.24) is 0 Å². The summed E-state index contributed by atoms with van der Waals surface area (Å²) in [5, 5.41) is 9.01. The molecule has 0 aromatic heterocycles. The Kier molecular flexibility index (Phi) is 3.46. The topological polar surface area (TPSA) is 37.3 Å². The Bertz CT molecular complexity index is 342. The second-order valence-electron chi connectivity index (χ2n) is 3.13. The summed E-state index contributed by atoms with van der Waals surface area (Å²) in [6.45, 7) is 5.55. The molecule has 0 spiro atoms. The molecule has 2 nitrogen and oxygen atoms in total. The highest BCUT2D eigenvalue weighted by Crippen LogP contribution is 2.24. The number of carboxylic acids is 1. The number of aliphatic carboxylic acids is 1. The van der Waals surface area contributed by atoms with E-state index in [9.17, 15) is 4.79 Å². The summed E-state index contributed by atoms with van der Waals surface area (Å²) in [5.41, 5.74) is 1.75. The predicted molar refractivity (Wildman–Crippen MR) is 57.2 cm³/mol. The molecule has 1 aromatic carbocycles. The summed E-state index contributed by atoms with van der Waals surface area (Å²) >= 11 is 0. The largest absolute Gasteiger partial charge is 0.481 e. The van der Waals surface area contributed by atoms with Gasteiger partial charge in [-0.25, -0.2) is 0 Å². The van der Waals surface area contributed by atoms with E-state index in [1.165, 1.54) is 0 Å². The minimum atomic E-state index is -0.776. The molecular formula is C12H14O2. The summed E-state index contributed by atoms with van der Waals surface area (Å²) in [6, 6.07) is 7.47. The Morgan fingerprint density at radius 3 is 2.71 bits per heavy atom. The fraction of sp³-hybridized carbons (Fsp3) is 0.250. The van der Waals surface area contributed by atoms with Crippen LogP contribution in [0.5, 0.6) is 0 Å². The minimum Gasteiger partial charge on any atom is -0.481 e. The molecule has 0 saturated carbocycles. The van der Waals surface area contributed by atoms with Gasteiger partial charge in [0.05, 0.1) is 5.92 Å². The summed E-state index contributed by atoms with van der Waals surface area (Å²) in [7, 11) is 0. The van der Waals surface area contributed by atoms with Crippen LogP contribution in [-0.2, 0) is 4.79 Å². The lowest BCUT2D eigenvalue weighted by Gasteiger charge is -2.12. The average molecular weight is 190 g/mol. The summed E-state index contributed by atoms with van der Waals surface area (Å²) < 4.78 is 0. The lowest BCUT2D eigenvalue weighted by Crippen LogP contribution is -2.11. The Morgan fingerprint density at radius 1 is 1.57 bits per heavy atom. The van der Waals surface area contributed by atoms with Gasteiger partial charge >= 0.3 is 5.97 Å². The van der Waals surface area contributed by atoms with Gasteiger partial charge < -0.3 is 5.11 Å². The van der Waals surface area contributed by atoms with Crippen molar-refractivity contribution in [3.8, 4) is 0 Å². The predicted octanol–water partition coefficient (Wildman–Crippen LogP) is 2.91. The van der Waals surface area contributed by atoms with Crippen LogP contribution in [0.2, 0.25) is 0 Å². The molecule has 0 aliphatic heterocycles. The van der Waals surface area contributed by atoms with Gasteiger partial charge in [-0.15, -0.1) is 0 Å². The Balaban J connectivity index is 3.15. The van der Waals surface area contributed by atoms with Crippen molar-refractivity contribution >= 4 is 12.0 Å². The van der Waals surface area contributed by atoms with E-state index >= 15 is 0 Å². The van der Waals surface area contributed by atoms with E-state index < -0.39 is 11.9 Å². The molecule has 1 atom stereocenters. The van der Waals surface area contributed by atoms with Gasteiger partial charge in [-0.05, 0) is 17.5 Å². The molecule has 0 bridgehead atoms. The van der Waals surface area contributed by atoms with Crippen LogP contribution >= 0.6 is 0 Å². The van der Waals surface area contributed by atoms with Crippen LogP contribution in [0.3, 0.4) is 0 Å². The number of hydrogen-bond acceptors (Lipinski definition) is 1. The number of hydrogen-bond donors (Lipinski definition) is 1. The first-order valence-electron chi connectivity index (χ1n) is 4.64. The van der Waals surface area contributed by atoms with Gasteiger partial charge in [0, 0.05) is 0 Å². The molecule has 2 heteroatoms. The third-order valence-electron chi connectivity index (χ3n) is 2.30. The zero-order valence-electron chi connectivity index (χ0n) is 8.23. The minimum absolute atomic E-state index is 0.427. The lowest BCUT2D eigenvalue weighted by molar-refractivity contribution is -0.138. The van der Waals surface area contributed by atoms with Crippen molar-refractivity contribution in [3.63, 3.8) is 0 Å². The van der Waals surface area contributed by atoms with Gasteiger partial charge in [0.25, 0.3) is 0 Å². The highest BCUT2D eigenvalue weighted by Gasteiger charge is 2.18. The second-order valence-corrected chi connectivity index (χ2v) is 3.13. The normalized spacial score (nSPS) is 12.1. The van der Waals surface area contributed by atoms with Crippen molar-refractivity contribution < 1.29 is 9.90 Å². The van der Waals surface area contributed by atoms with Crippen LogP contribution in [0.15, 0.2) is 30.8 Å².